The summed E-state index contributed by atoms with van der Waals surface area (Å²) in [6.45, 7) is 0. The summed E-state index contributed by atoms with van der Waals surface area (Å²) in [6, 6.07) is 1.38. The van der Waals surface area contributed by atoms with Crippen LogP contribution in [0.25, 0.3) is 0 Å². The molecule has 0 heterocycles. The maximum atomic E-state index is 13.4. The van der Waals surface area contributed by atoms with Crippen molar-refractivity contribution in [1.29, 1.82) is 0 Å². The van der Waals surface area contributed by atoms with Gasteiger partial charge in [0.1, 0.15) is 0 Å². The number of hydrogen-bond acceptors (Lipinski definition) is 0. The topological polar surface area (TPSA) is 0 Å². The molecule has 0 unspecified atom stereocenters. The van der Waals surface area contributed by atoms with Crippen molar-refractivity contribution in [3.05, 3.63) is 58.7 Å². The molecule has 1 aliphatic rings. The fourth-order valence-electron chi connectivity index (χ4n) is 4.07. The second-order valence-electron chi connectivity index (χ2n) is 8.19. The Morgan fingerprint density at radius 1 is 0.457 bits per heavy atom. The first-order valence-electron chi connectivity index (χ1n) is 10.3. The first-order chi connectivity index (χ1) is 15.9. The van der Waals surface area contributed by atoms with Gasteiger partial charge in [0.25, 0.3) is 0 Å². The molecule has 2 aromatic carbocycles. The van der Waals surface area contributed by atoms with Crippen LogP contribution >= 0.6 is 7.92 Å². The van der Waals surface area contributed by atoms with Crippen molar-refractivity contribution in [2.45, 2.75) is 62.5 Å². The van der Waals surface area contributed by atoms with Gasteiger partial charge in [0.2, 0.25) is 0 Å². The molecule has 0 saturated heterocycles. The van der Waals surface area contributed by atoms with Crippen molar-refractivity contribution >= 4 is 18.5 Å². The number of halogens is 12. The molecule has 1 fully saturated rings. The molecule has 3 rings (SSSR count). The summed E-state index contributed by atoms with van der Waals surface area (Å²) in [6.07, 6.45) is -18.7. The highest BCUT2D eigenvalue weighted by molar-refractivity contribution is 7.73. The van der Waals surface area contributed by atoms with Gasteiger partial charge in [0.15, 0.2) is 0 Å². The zero-order valence-electron chi connectivity index (χ0n) is 17.6. The van der Waals surface area contributed by atoms with Crippen LogP contribution in [0.1, 0.15) is 54.4 Å². The summed E-state index contributed by atoms with van der Waals surface area (Å²) >= 11 is 0. The van der Waals surface area contributed by atoms with Gasteiger partial charge in [-0.15, -0.1) is 0 Å². The Balaban J connectivity index is 2.33. The van der Waals surface area contributed by atoms with Gasteiger partial charge >= 0.3 is 24.7 Å². The summed E-state index contributed by atoms with van der Waals surface area (Å²) in [4.78, 5) is 0. The van der Waals surface area contributed by atoms with Crippen LogP contribution in [0, 0.1) is 0 Å². The SMILES string of the molecule is FC(F)(F)c1cc(P(c2cc(C(F)(F)F)cc(C(F)(F)F)c2)C2CCCCC2)cc(C(F)(F)F)c1. The minimum absolute atomic E-state index is 0.120. The summed E-state index contributed by atoms with van der Waals surface area (Å²) in [5.41, 5.74) is -7.38. The Hall–Kier alpha value is -1.97. The molecular formula is C22H17F12P. The lowest BCUT2D eigenvalue weighted by Crippen LogP contribution is -2.28. The van der Waals surface area contributed by atoms with Gasteiger partial charge in [-0.25, -0.2) is 0 Å². The van der Waals surface area contributed by atoms with Crippen molar-refractivity contribution in [1.82, 2.24) is 0 Å². The molecule has 1 saturated carbocycles. The highest BCUT2D eigenvalue weighted by atomic mass is 31.1. The van der Waals surface area contributed by atoms with Gasteiger partial charge in [-0.1, -0.05) is 19.3 Å². The first kappa shape index (κ1) is 27.6. The van der Waals surface area contributed by atoms with E-state index in [1.165, 1.54) is 0 Å². The van der Waals surface area contributed by atoms with E-state index in [4.69, 9.17) is 0 Å². The molecule has 2 aromatic rings. The van der Waals surface area contributed by atoms with Crippen LogP contribution in [0.3, 0.4) is 0 Å². The van der Waals surface area contributed by atoms with Gasteiger partial charge in [0.05, 0.1) is 22.3 Å². The lowest BCUT2D eigenvalue weighted by molar-refractivity contribution is -0.144. The largest absolute Gasteiger partial charge is 0.416 e. The number of benzene rings is 2. The van der Waals surface area contributed by atoms with E-state index < -0.39 is 71.1 Å². The molecule has 0 aromatic heterocycles. The molecule has 0 amide bonds. The Bertz CT molecular complexity index is 900. The third-order valence-corrected chi connectivity index (χ3v) is 8.52. The highest BCUT2D eigenvalue weighted by Crippen LogP contribution is 2.49. The van der Waals surface area contributed by atoms with Gasteiger partial charge in [0, 0.05) is 0 Å². The van der Waals surface area contributed by atoms with Crippen LogP contribution in [-0.2, 0) is 24.7 Å². The average molecular weight is 540 g/mol. The summed E-state index contributed by atoms with van der Waals surface area (Å²) in [5, 5.41) is -1.14. The fourth-order valence-corrected chi connectivity index (χ4v) is 7.20. The molecule has 0 atom stereocenters. The molecule has 0 spiro atoms. The highest BCUT2D eigenvalue weighted by Gasteiger charge is 2.41. The Morgan fingerprint density at radius 3 is 1.00 bits per heavy atom. The second kappa shape index (κ2) is 9.48. The van der Waals surface area contributed by atoms with Crippen LogP contribution in [0.15, 0.2) is 36.4 Å². The molecule has 13 heteroatoms. The quantitative estimate of drug-likeness (QED) is 0.271. The molecule has 194 valence electrons. The molecule has 35 heavy (non-hydrogen) atoms. The van der Waals surface area contributed by atoms with E-state index in [0.29, 0.717) is 43.5 Å². The zero-order chi connectivity index (χ0) is 26.4. The summed E-state index contributed by atoms with van der Waals surface area (Å²) in [7, 11) is -2.42. The molecular weight excluding hydrogens is 523 g/mol. The predicted octanol–water partition coefficient (Wildman–Crippen LogP) is 8.53. The van der Waals surface area contributed by atoms with Gasteiger partial charge < -0.3 is 0 Å². The van der Waals surface area contributed by atoms with Gasteiger partial charge in [-0.3, -0.25) is 0 Å². The minimum atomic E-state index is -5.21. The lowest BCUT2D eigenvalue weighted by Gasteiger charge is -2.33. The van der Waals surface area contributed by atoms with E-state index in [1.807, 2.05) is 0 Å². The molecule has 0 nitrogen and oxygen atoms in total. The van der Waals surface area contributed by atoms with Crippen molar-refractivity contribution in [2.75, 3.05) is 0 Å². The van der Waals surface area contributed by atoms with Crippen LogP contribution < -0.4 is 10.6 Å². The number of hydrogen-bond donors (Lipinski definition) is 0. The van der Waals surface area contributed by atoms with Crippen LogP contribution in [0.4, 0.5) is 52.7 Å². The Kier molecular flexibility index (Phi) is 7.48. The minimum Gasteiger partial charge on any atom is -0.166 e. The van der Waals surface area contributed by atoms with E-state index >= 15 is 0 Å². The Morgan fingerprint density at radius 2 is 0.743 bits per heavy atom. The molecule has 0 bridgehead atoms. The smallest absolute Gasteiger partial charge is 0.166 e. The van der Waals surface area contributed by atoms with Crippen LogP contribution in [-0.4, -0.2) is 5.66 Å². The second-order valence-corrected chi connectivity index (χ2v) is 10.7. The predicted molar refractivity (Wildman–Crippen MR) is 106 cm³/mol. The monoisotopic (exact) mass is 540 g/mol. The maximum absolute atomic E-state index is 13.4. The normalized spacial score (nSPS) is 16.7. The molecule has 0 aliphatic heterocycles. The standard InChI is InChI=1S/C22H17F12P/c23-19(24,25)12-6-13(20(26,27)28)9-17(8-12)35(16-4-2-1-3-5-16)18-10-14(21(29,30)31)7-15(11-18)22(32,33)34/h6-11,16H,1-5H2. The fraction of sp³-hybridized carbons (Fsp3) is 0.455. The maximum Gasteiger partial charge on any atom is 0.416 e. The molecule has 0 N–H and O–H groups in total. The third-order valence-electron chi connectivity index (χ3n) is 5.64. The van der Waals surface area contributed by atoms with Gasteiger partial charge in [-0.05, 0) is 73.4 Å². The van der Waals surface area contributed by atoms with E-state index in [1.54, 1.807) is 0 Å². The summed E-state index contributed by atoms with van der Waals surface area (Å²) < 4.78 is 161. The molecule has 0 radical (unpaired) electrons. The van der Waals surface area contributed by atoms with E-state index in [9.17, 15) is 52.7 Å². The van der Waals surface area contributed by atoms with Crippen LogP contribution in [0.5, 0.6) is 0 Å². The van der Waals surface area contributed by atoms with Crippen molar-refractivity contribution in [2.24, 2.45) is 0 Å². The lowest BCUT2D eigenvalue weighted by atomic mass is 10.0. The van der Waals surface area contributed by atoms with E-state index in [0.717, 1.165) is 0 Å². The first-order valence-corrected chi connectivity index (χ1v) is 11.7. The average Bonchev–Trinajstić information content (AvgIpc) is 2.72. The third kappa shape index (κ3) is 6.62. The summed E-state index contributed by atoms with van der Waals surface area (Å²) in [5.74, 6) is 0. The van der Waals surface area contributed by atoms with E-state index in [2.05, 4.69) is 0 Å². The Labute approximate surface area is 193 Å². The zero-order valence-corrected chi connectivity index (χ0v) is 18.5. The number of rotatable bonds is 3. The number of alkyl halides is 12. The van der Waals surface area contributed by atoms with Crippen molar-refractivity contribution in [3.63, 3.8) is 0 Å². The van der Waals surface area contributed by atoms with Crippen molar-refractivity contribution < 1.29 is 52.7 Å². The van der Waals surface area contributed by atoms with Crippen molar-refractivity contribution in [3.8, 4) is 0 Å². The van der Waals surface area contributed by atoms with E-state index in [-0.39, 0.29) is 25.0 Å². The van der Waals surface area contributed by atoms with Crippen LogP contribution in [0.2, 0.25) is 0 Å². The van der Waals surface area contributed by atoms with Gasteiger partial charge in [-0.2, -0.15) is 52.7 Å². The molecule has 1 aliphatic carbocycles.